The smallest absolute Gasteiger partial charge is 0.107 e. The van der Waals surface area contributed by atoms with Crippen LogP contribution in [0.15, 0.2) is 16.7 Å². The van der Waals surface area contributed by atoms with Crippen molar-refractivity contribution in [3.05, 3.63) is 23.7 Å². The third-order valence-electron chi connectivity index (χ3n) is 2.81. The van der Waals surface area contributed by atoms with Gasteiger partial charge in [0.2, 0.25) is 0 Å². The van der Waals surface area contributed by atoms with Crippen molar-refractivity contribution < 1.29 is 4.42 Å². The molecule has 0 aliphatic carbocycles. The number of hydrogen-bond donors (Lipinski definition) is 0. The van der Waals surface area contributed by atoms with Crippen LogP contribution in [0, 0.1) is 5.41 Å². The van der Waals surface area contributed by atoms with E-state index in [-0.39, 0.29) is 5.41 Å². The van der Waals surface area contributed by atoms with E-state index in [4.69, 9.17) is 4.42 Å². The molecular weight excluding hydrogens is 184 g/mol. The van der Waals surface area contributed by atoms with Crippen LogP contribution in [-0.2, 0) is 6.42 Å². The van der Waals surface area contributed by atoms with Crippen molar-refractivity contribution in [2.45, 2.75) is 60.8 Å². The molecule has 88 valence electrons. The Hall–Kier alpha value is -0.720. The van der Waals surface area contributed by atoms with Gasteiger partial charge in [0.25, 0.3) is 0 Å². The molecule has 0 N–H and O–H groups in total. The second-order valence-electron chi connectivity index (χ2n) is 4.80. The van der Waals surface area contributed by atoms with Gasteiger partial charge in [-0.05, 0) is 23.5 Å². The highest BCUT2D eigenvalue weighted by Gasteiger charge is 2.24. The predicted octanol–water partition coefficient (Wildman–Crippen LogP) is 5.02. The molecule has 0 unspecified atom stereocenters. The summed E-state index contributed by atoms with van der Waals surface area (Å²) in [5.74, 6) is 1.59. The minimum Gasteiger partial charge on any atom is -0.469 e. The second-order valence-corrected chi connectivity index (χ2v) is 4.80. The Kier molecular flexibility index (Phi) is 5.71. The van der Waals surface area contributed by atoms with Gasteiger partial charge in [0.1, 0.15) is 5.76 Å². The zero-order valence-corrected chi connectivity index (χ0v) is 11.3. The molecule has 0 saturated carbocycles. The van der Waals surface area contributed by atoms with Gasteiger partial charge in [0.05, 0.1) is 6.26 Å². The maximum absolute atomic E-state index is 5.54. The Labute approximate surface area is 94.9 Å². The molecule has 0 saturated heterocycles. The number of rotatable bonds is 2. The molecule has 1 heterocycles. The van der Waals surface area contributed by atoms with Gasteiger partial charge < -0.3 is 4.42 Å². The Morgan fingerprint density at radius 3 is 2.13 bits per heavy atom. The molecule has 1 rings (SSSR count). The van der Waals surface area contributed by atoms with Crippen LogP contribution in [0.1, 0.15) is 65.7 Å². The van der Waals surface area contributed by atoms with Crippen molar-refractivity contribution in [2.24, 2.45) is 5.41 Å². The zero-order chi connectivity index (χ0) is 12.1. The topological polar surface area (TPSA) is 13.1 Å². The van der Waals surface area contributed by atoms with Crippen LogP contribution in [-0.4, -0.2) is 0 Å². The van der Waals surface area contributed by atoms with E-state index in [1.165, 1.54) is 5.56 Å². The van der Waals surface area contributed by atoms with Crippen LogP contribution in [0.25, 0.3) is 0 Å². The molecule has 1 atom stereocenters. The third-order valence-corrected chi connectivity index (χ3v) is 2.81. The summed E-state index contributed by atoms with van der Waals surface area (Å²) in [4.78, 5) is 0. The van der Waals surface area contributed by atoms with E-state index in [2.05, 4.69) is 40.7 Å². The fraction of sp³-hybridized carbons (Fsp3) is 0.714. The maximum atomic E-state index is 5.54. The van der Waals surface area contributed by atoms with Gasteiger partial charge in [0, 0.05) is 5.92 Å². The van der Waals surface area contributed by atoms with Gasteiger partial charge in [-0.3, -0.25) is 0 Å². The standard InChI is InChI=1S/C12H20O.C2H6/c1-6-10-7-11(13-8-10)9(2)12(3,4)5;1-2/h7-9H,6H2,1-5H3;1-2H3/t9-;/m0./s1. The van der Waals surface area contributed by atoms with Crippen LogP contribution in [0.5, 0.6) is 0 Å². The molecule has 15 heavy (non-hydrogen) atoms. The van der Waals surface area contributed by atoms with E-state index in [9.17, 15) is 0 Å². The first-order valence-electron chi connectivity index (χ1n) is 6.02. The highest BCUT2D eigenvalue weighted by molar-refractivity contribution is 5.16. The SMILES string of the molecule is CC.CCc1coc([C@H](C)C(C)(C)C)c1. The summed E-state index contributed by atoms with van der Waals surface area (Å²) < 4.78 is 5.54. The summed E-state index contributed by atoms with van der Waals surface area (Å²) in [5.41, 5.74) is 1.58. The summed E-state index contributed by atoms with van der Waals surface area (Å²) in [6, 6.07) is 2.18. The largest absolute Gasteiger partial charge is 0.469 e. The fourth-order valence-corrected chi connectivity index (χ4v) is 1.23. The molecule has 0 aromatic carbocycles. The average Bonchev–Trinajstić information content (AvgIpc) is 2.66. The molecule has 0 aliphatic heterocycles. The normalized spacial score (nSPS) is 13.0. The average molecular weight is 210 g/mol. The van der Waals surface area contributed by atoms with E-state index in [1.807, 2.05) is 20.1 Å². The van der Waals surface area contributed by atoms with Crippen LogP contribution in [0.2, 0.25) is 0 Å². The molecule has 0 bridgehead atoms. The molecule has 1 aromatic heterocycles. The van der Waals surface area contributed by atoms with E-state index >= 15 is 0 Å². The molecule has 0 aliphatic rings. The first-order valence-corrected chi connectivity index (χ1v) is 6.02. The molecular formula is C14H26O. The molecule has 0 radical (unpaired) electrons. The minimum absolute atomic E-state index is 0.281. The second kappa shape index (κ2) is 5.99. The first-order chi connectivity index (χ1) is 6.95. The van der Waals surface area contributed by atoms with Crippen LogP contribution in [0.3, 0.4) is 0 Å². The lowest BCUT2D eigenvalue weighted by molar-refractivity contribution is 0.296. The van der Waals surface area contributed by atoms with Crippen LogP contribution in [0.4, 0.5) is 0 Å². The summed E-state index contributed by atoms with van der Waals surface area (Å²) in [5, 5.41) is 0. The van der Waals surface area contributed by atoms with Crippen LogP contribution < -0.4 is 0 Å². The van der Waals surface area contributed by atoms with E-state index in [0.29, 0.717) is 5.92 Å². The minimum atomic E-state index is 0.281. The molecule has 1 nitrogen and oxygen atoms in total. The Balaban J connectivity index is 0.000000921. The van der Waals surface area contributed by atoms with Gasteiger partial charge in [-0.25, -0.2) is 0 Å². The number of hydrogen-bond acceptors (Lipinski definition) is 1. The van der Waals surface area contributed by atoms with Gasteiger partial charge in [-0.1, -0.05) is 48.5 Å². The summed E-state index contributed by atoms with van der Waals surface area (Å²) in [6.07, 6.45) is 2.93. The predicted molar refractivity (Wildman–Crippen MR) is 67.3 cm³/mol. The molecule has 1 aromatic rings. The Morgan fingerprint density at radius 2 is 1.80 bits per heavy atom. The summed E-state index contributed by atoms with van der Waals surface area (Å²) in [7, 11) is 0. The van der Waals surface area contributed by atoms with Crippen molar-refractivity contribution >= 4 is 0 Å². The van der Waals surface area contributed by atoms with Crippen molar-refractivity contribution in [1.29, 1.82) is 0 Å². The van der Waals surface area contributed by atoms with Crippen molar-refractivity contribution in [2.75, 3.05) is 0 Å². The monoisotopic (exact) mass is 210 g/mol. The van der Waals surface area contributed by atoms with E-state index in [0.717, 1.165) is 12.2 Å². The quantitative estimate of drug-likeness (QED) is 0.668. The number of aryl methyl sites for hydroxylation is 1. The summed E-state index contributed by atoms with van der Waals surface area (Å²) >= 11 is 0. The molecule has 0 fully saturated rings. The Bertz CT molecular complexity index is 265. The zero-order valence-electron chi connectivity index (χ0n) is 11.3. The van der Waals surface area contributed by atoms with Crippen molar-refractivity contribution in [1.82, 2.24) is 0 Å². The lowest BCUT2D eigenvalue weighted by Crippen LogP contribution is -2.14. The molecule has 0 amide bonds. The van der Waals surface area contributed by atoms with Crippen LogP contribution >= 0.6 is 0 Å². The maximum Gasteiger partial charge on any atom is 0.107 e. The van der Waals surface area contributed by atoms with E-state index < -0.39 is 0 Å². The lowest BCUT2D eigenvalue weighted by atomic mass is 9.80. The van der Waals surface area contributed by atoms with Crippen molar-refractivity contribution in [3.63, 3.8) is 0 Å². The molecule has 0 spiro atoms. The Morgan fingerprint density at radius 1 is 1.27 bits per heavy atom. The van der Waals surface area contributed by atoms with Gasteiger partial charge in [0.15, 0.2) is 0 Å². The molecule has 1 heteroatoms. The lowest BCUT2D eigenvalue weighted by Gasteiger charge is -2.25. The number of furan rings is 1. The first kappa shape index (κ1) is 14.3. The van der Waals surface area contributed by atoms with Gasteiger partial charge in [-0.2, -0.15) is 0 Å². The van der Waals surface area contributed by atoms with E-state index in [1.54, 1.807) is 0 Å². The van der Waals surface area contributed by atoms with Gasteiger partial charge in [-0.15, -0.1) is 0 Å². The third kappa shape index (κ3) is 4.11. The fourth-order valence-electron chi connectivity index (χ4n) is 1.23. The highest BCUT2D eigenvalue weighted by Crippen LogP contribution is 2.35. The van der Waals surface area contributed by atoms with Crippen molar-refractivity contribution in [3.8, 4) is 0 Å². The summed E-state index contributed by atoms with van der Waals surface area (Å²) in [6.45, 7) is 15.1. The highest BCUT2D eigenvalue weighted by atomic mass is 16.3. The van der Waals surface area contributed by atoms with Gasteiger partial charge >= 0.3 is 0 Å².